The first-order chi connectivity index (χ1) is 10.1. The molecule has 0 spiro atoms. The molecule has 0 aliphatic carbocycles. The van der Waals surface area contributed by atoms with Gasteiger partial charge in [0.15, 0.2) is 5.82 Å². The van der Waals surface area contributed by atoms with E-state index in [4.69, 9.17) is 9.26 Å². The Kier molecular flexibility index (Phi) is 5.30. The summed E-state index contributed by atoms with van der Waals surface area (Å²) in [6.07, 6.45) is 3.17. The van der Waals surface area contributed by atoms with Crippen molar-refractivity contribution >= 4 is 11.9 Å². The predicted octanol–water partition coefficient (Wildman–Crippen LogP) is 0.976. The van der Waals surface area contributed by atoms with Gasteiger partial charge in [-0.2, -0.15) is 4.98 Å². The van der Waals surface area contributed by atoms with E-state index in [2.05, 4.69) is 10.1 Å². The number of methoxy groups -OCH3 is 1. The molecule has 1 saturated heterocycles. The molecule has 0 aromatic carbocycles. The van der Waals surface area contributed by atoms with Crippen molar-refractivity contribution in [2.24, 2.45) is 5.92 Å². The van der Waals surface area contributed by atoms with Gasteiger partial charge in [-0.1, -0.05) is 12.1 Å². The number of amides is 1. The summed E-state index contributed by atoms with van der Waals surface area (Å²) in [5.41, 5.74) is 0. The Morgan fingerprint density at radius 1 is 1.43 bits per heavy atom. The second-order valence-corrected chi connectivity index (χ2v) is 5.20. The van der Waals surface area contributed by atoms with Gasteiger partial charge >= 0.3 is 5.97 Å². The number of aryl methyl sites for hydroxylation is 2. The van der Waals surface area contributed by atoms with Crippen LogP contribution in [0.1, 0.15) is 37.9 Å². The highest BCUT2D eigenvalue weighted by Gasteiger charge is 2.31. The molecule has 21 heavy (non-hydrogen) atoms. The summed E-state index contributed by atoms with van der Waals surface area (Å²) >= 11 is 0. The molecule has 1 aliphatic heterocycles. The number of ether oxygens (including phenoxy) is 1. The maximum absolute atomic E-state index is 12.1. The number of carbonyl (C=O) groups excluding carboxylic acids is 2. The normalized spacial score (nSPS) is 18.0. The van der Waals surface area contributed by atoms with Crippen LogP contribution in [-0.4, -0.2) is 47.1 Å². The van der Waals surface area contributed by atoms with Crippen molar-refractivity contribution in [3.8, 4) is 0 Å². The van der Waals surface area contributed by atoms with Gasteiger partial charge in [0.25, 0.3) is 0 Å². The summed E-state index contributed by atoms with van der Waals surface area (Å²) in [7, 11) is 1.37. The van der Waals surface area contributed by atoms with E-state index >= 15 is 0 Å². The van der Waals surface area contributed by atoms with E-state index in [0.717, 1.165) is 12.8 Å². The molecule has 1 unspecified atom stereocenters. The molecule has 1 aliphatic rings. The van der Waals surface area contributed by atoms with Crippen LogP contribution in [-0.2, 0) is 27.2 Å². The van der Waals surface area contributed by atoms with Crippen LogP contribution in [0, 0.1) is 5.92 Å². The third kappa shape index (κ3) is 4.03. The van der Waals surface area contributed by atoms with E-state index in [9.17, 15) is 9.59 Å². The molecule has 7 nitrogen and oxygen atoms in total. The Hall–Kier alpha value is -1.92. The number of esters is 1. The minimum atomic E-state index is -0.244. The lowest BCUT2D eigenvalue weighted by atomic mass is 10.1. The lowest BCUT2D eigenvalue weighted by Gasteiger charge is -2.15. The van der Waals surface area contributed by atoms with E-state index in [1.807, 2.05) is 6.92 Å². The van der Waals surface area contributed by atoms with Gasteiger partial charge in [0, 0.05) is 32.4 Å². The second-order valence-electron chi connectivity index (χ2n) is 5.20. The Morgan fingerprint density at radius 2 is 2.24 bits per heavy atom. The maximum Gasteiger partial charge on any atom is 0.310 e. The van der Waals surface area contributed by atoms with Crippen LogP contribution in [0.2, 0.25) is 0 Å². The van der Waals surface area contributed by atoms with Crippen LogP contribution < -0.4 is 0 Å². The summed E-state index contributed by atoms with van der Waals surface area (Å²) in [4.78, 5) is 29.5. The Bertz CT molecular complexity index is 500. The summed E-state index contributed by atoms with van der Waals surface area (Å²) < 4.78 is 9.81. The molecule has 0 N–H and O–H groups in total. The average Bonchev–Trinajstić information content (AvgIpc) is 3.13. The third-order valence-corrected chi connectivity index (χ3v) is 3.61. The van der Waals surface area contributed by atoms with Gasteiger partial charge < -0.3 is 14.2 Å². The molecule has 2 heterocycles. The smallest absolute Gasteiger partial charge is 0.310 e. The van der Waals surface area contributed by atoms with Crippen molar-refractivity contribution in [1.82, 2.24) is 15.0 Å². The van der Waals surface area contributed by atoms with Crippen molar-refractivity contribution in [2.45, 2.75) is 39.0 Å². The van der Waals surface area contributed by atoms with E-state index in [1.54, 1.807) is 4.90 Å². The predicted molar refractivity (Wildman–Crippen MR) is 73.3 cm³/mol. The molecule has 1 atom stereocenters. The molecule has 2 rings (SSSR count). The fourth-order valence-electron chi connectivity index (χ4n) is 2.43. The number of carbonyl (C=O) groups is 2. The minimum absolute atomic E-state index is 0.0108. The van der Waals surface area contributed by atoms with Gasteiger partial charge in [-0.15, -0.1) is 0 Å². The zero-order valence-corrected chi connectivity index (χ0v) is 12.5. The fourth-order valence-corrected chi connectivity index (χ4v) is 2.43. The lowest BCUT2D eigenvalue weighted by molar-refractivity contribution is -0.145. The molecule has 1 fully saturated rings. The van der Waals surface area contributed by atoms with Gasteiger partial charge in [0.1, 0.15) is 0 Å². The van der Waals surface area contributed by atoms with Crippen LogP contribution >= 0.6 is 0 Å². The number of likely N-dealkylation sites (tertiary alicyclic amines) is 1. The largest absolute Gasteiger partial charge is 0.469 e. The molecule has 116 valence electrons. The van der Waals surface area contributed by atoms with Crippen molar-refractivity contribution in [3.63, 3.8) is 0 Å². The van der Waals surface area contributed by atoms with Gasteiger partial charge in [0.05, 0.1) is 13.0 Å². The molecular weight excluding hydrogens is 274 g/mol. The quantitative estimate of drug-likeness (QED) is 0.727. The number of hydrogen-bond donors (Lipinski definition) is 0. The zero-order chi connectivity index (χ0) is 15.2. The van der Waals surface area contributed by atoms with Crippen LogP contribution in [0.15, 0.2) is 4.52 Å². The SMILES string of the molecule is CCCc1noc(CCC(=O)N2CCC(C(=O)OC)C2)n1. The molecule has 1 amide bonds. The second kappa shape index (κ2) is 7.19. The van der Waals surface area contributed by atoms with Crippen LogP contribution in [0.25, 0.3) is 0 Å². The Balaban J connectivity index is 1.78. The van der Waals surface area contributed by atoms with Crippen molar-refractivity contribution < 1.29 is 18.8 Å². The average molecular weight is 295 g/mol. The van der Waals surface area contributed by atoms with E-state index < -0.39 is 0 Å². The summed E-state index contributed by atoms with van der Waals surface area (Å²) in [6.45, 7) is 3.09. The van der Waals surface area contributed by atoms with Gasteiger partial charge in [-0.3, -0.25) is 9.59 Å². The first-order valence-electron chi connectivity index (χ1n) is 7.31. The Morgan fingerprint density at radius 3 is 2.95 bits per heavy atom. The van der Waals surface area contributed by atoms with Gasteiger partial charge in [0.2, 0.25) is 11.8 Å². The summed E-state index contributed by atoms with van der Waals surface area (Å²) in [5.74, 6) is 0.754. The molecule has 1 aromatic heterocycles. The van der Waals surface area contributed by atoms with Gasteiger partial charge in [-0.05, 0) is 12.8 Å². The molecule has 1 aromatic rings. The topological polar surface area (TPSA) is 85.5 Å². The van der Waals surface area contributed by atoms with E-state index in [0.29, 0.717) is 44.1 Å². The molecule has 0 radical (unpaired) electrons. The van der Waals surface area contributed by atoms with Gasteiger partial charge in [-0.25, -0.2) is 0 Å². The minimum Gasteiger partial charge on any atom is -0.469 e. The first kappa shape index (κ1) is 15.5. The van der Waals surface area contributed by atoms with Crippen LogP contribution in [0.3, 0.4) is 0 Å². The molecule has 7 heteroatoms. The van der Waals surface area contributed by atoms with Crippen LogP contribution in [0.4, 0.5) is 0 Å². The van der Waals surface area contributed by atoms with E-state index in [1.165, 1.54) is 7.11 Å². The van der Waals surface area contributed by atoms with Crippen LogP contribution in [0.5, 0.6) is 0 Å². The number of rotatable bonds is 6. The maximum atomic E-state index is 12.1. The molecule has 0 saturated carbocycles. The third-order valence-electron chi connectivity index (χ3n) is 3.61. The Labute approximate surface area is 123 Å². The molecule has 0 bridgehead atoms. The van der Waals surface area contributed by atoms with E-state index in [-0.39, 0.29) is 17.8 Å². The number of aromatic nitrogens is 2. The highest BCUT2D eigenvalue weighted by Crippen LogP contribution is 2.18. The standard InChI is InChI=1S/C14H21N3O4/c1-3-4-11-15-12(21-16-11)5-6-13(18)17-8-7-10(9-17)14(19)20-2/h10H,3-9H2,1-2H3. The van der Waals surface area contributed by atoms with Crippen molar-refractivity contribution in [2.75, 3.05) is 20.2 Å². The summed E-state index contributed by atoms with van der Waals surface area (Å²) in [5, 5.41) is 3.86. The summed E-state index contributed by atoms with van der Waals surface area (Å²) in [6, 6.07) is 0. The van der Waals surface area contributed by atoms with Crippen molar-refractivity contribution in [1.29, 1.82) is 0 Å². The van der Waals surface area contributed by atoms with Crippen molar-refractivity contribution in [3.05, 3.63) is 11.7 Å². The number of hydrogen-bond acceptors (Lipinski definition) is 6. The lowest BCUT2D eigenvalue weighted by Crippen LogP contribution is -2.30. The first-order valence-corrected chi connectivity index (χ1v) is 7.31. The monoisotopic (exact) mass is 295 g/mol. The molecular formula is C14H21N3O4. The highest BCUT2D eigenvalue weighted by atomic mass is 16.5. The zero-order valence-electron chi connectivity index (χ0n) is 12.5. The fraction of sp³-hybridized carbons (Fsp3) is 0.714. The number of nitrogens with zero attached hydrogens (tertiary/aromatic N) is 3. The highest BCUT2D eigenvalue weighted by molar-refractivity contribution is 5.79.